The van der Waals surface area contributed by atoms with Gasteiger partial charge in [0, 0.05) is 11.5 Å². The fourth-order valence-electron chi connectivity index (χ4n) is 4.66. The molecule has 34 heavy (non-hydrogen) atoms. The fraction of sp³-hybridized carbons (Fsp3) is 0.138. The number of hydrogen-bond acceptors (Lipinski definition) is 3. The normalized spacial score (nSPS) is 15.9. The van der Waals surface area contributed by atoms with Crippen LogP contribution in [0.15, 0.2) is 114 Å². The topological polar surface area (TPSA) is 41.6 Å². The van der Waals surface area contributed by atoms with Gasteiger partial charge in [0.15, 0.2) is 0 Å². The highest BCUT2D eigenvalue weighted by Gasteiger charge is 2.41. The zero-order valence-corrected chi connectivity index (χ0v) is 20.4. The summed E-state index contributed by atoms with van der Waals surface area (Å²) < 4.78 is 7.09. The number of fused-ring (bicyclic) bond motifs is 1. The van der Waals surface area contributed by atoms with Gasteiger partial charge < -0.3 is 9.64 Å². The molecule has 0 bridgehead atoms. The van der Waals surface area contributed by atoms with Crippen LogP contribution in [0.1, 0.15) is 16.7 Å². The average molecular weight is 513 g/mol. The number of halogens is 1. The number of hydrogen-bond donors (Lipinski definition) is 1. The number of amides is 1. The molecule has 0 radical (unpaired) electrons. The molecule has 4 nitrogen and oxygen atoms in total. The van der Waals surface area contributed by atoms with Crippen molar-refractivity contribution < 1.29 is 9.53 Å². The summed E-state index contributed by atoms with van der Waals surface area (Å²) in [7, 11) is 1.80. The molecule has 0 saturated carbocycles. The summed E-state index contributed by atoms with van der Waals surface area (Å²) in [5.41, 5.74) is 3.14. The van der Waals surface area contributed by atoms with Crippen molar-refractivity contribution in [1.29, 1.82) is 0 Å². The average Bonchev–Trinajstić information content (AvgIpc) is 3.00. The van der Waals surface area contributed by atoms with Gasteiger partial charge in [0.25, 0.3) is 0 Å². The quantitative estimate of drug-likeness (QED) is 0.346. The minimum atomic E-state index is -0.759. The van der Waals surface area contributed by atoms with Crippen molar-refractivity contribution in [2.75, 3.05) is 18.6 Å². The number of likely N-dealkylation sites (N-methyl/N-ethyl adjacent to an activating group) is 1. The van der Waals surface area contributed by atoms with Crippen LogP contribution >= 0.6 is 15.9 Å². The number of carbonyl (C=O) groups excluding carboxylic acids is 1. The molecular weight excluding hydrogens is 488 g/mol. The van der Waals surface area contributed by atoms with E-state index in [4.69, 9.17) is 4.74 Å². The maximum atomic E-state index is 13.7. The molecular formula is C29H25BrN2O2. The van der Waals surface area contributed by atoms with Crippen LogP contribution in [-0.4, -0.2) is 25.6 Å². The van der Waals surface area contributed by atoms with E-state index in [2.05, 4.69) is 57.6 Å². The molecule has 0 spiro atoms. The summed E-state index contributed by atoms with van der Waals surface area (Å²) in [5, 5.41) is 3.76. The highest BCUT2D eigenvalue weighted by Crippen LogP contribution is 2.39. The molecule has 0 unspecified atom stereocenters. The van der Waals surface area contributed by atoms with Crippen LogP contribution in [0.25, 0.3) is 0 Å². The molecule has 1 aliphatic rings. The lowest BCUT2D eigenvalue weighted by Gasteiger charge is -2.39. The largest absolute Gasteiger partial charge is 0.489 e. The van der Waals surface area contributed by atoms with Crippen LogP contribution in [-0.2, 0) is 10.3 Å². The molecule has 1 N–H and O–H groups in total. The second-order valence-corrected chi connectivity index (χ2v) is 9.28. The van der Waals surface area contributed by atoms with E-state index in [0.29, 0.717) is 5.75 Å². The van der Waals surface area contributed by atoms with Crippen LogP contribution < -0.4 is 15.0 Å². The van der Waals surface area contributed by atoms with Crippen molar-refractivity contribution in [2.24, 2.45) is 0 Å². The van der Waals surface area contributed by atoms with E-state index in [1.54, 1.807) is 11.9 Å². The predicted octanol–water partition coefficient (Wildman–Crippen LogP) is 5.75. The maximum Gasteiger partial charge on any atom is 0.247 e. The molecule has 5 heteroatoms. The molecule has 170 valence electrons. The minimum Gasteiger partial charge on any atom is -0.489 e. The smallest absolute Gasteiger partial charge is 0.247 e. The van der Waals surface area contributed by atoms with Gasteiger partial charge in [-0.05, 0) is 34.9 Å². The van der Waals surface area contributed by atoms with E-state index in [0.717, 1.165) is 26.9 Å². The Kier molecular flexibility index (Phi) is 6.22. The Hall–Kier alpha value is -3.41. The highest BCUT2D eigenvalue weighted by molar-refractivity contribution is 9.10. The summed E-state index contributed by atoms with van der Waals surface area (Å²) in [5.74, 6) is 0.632. The van der Waals surface area contributed by atoms with E-state index in [9.17, 15) is 4.79 Å². The lowest BCUT2D eigenvalue weighted by molar-refractivity contribution is -0.121. The highest BCUT2D eigenvalue weighted by atomic mass is 79.9. The van der Waals surface area contributed by atoms with E-state index >= 15 is 0 Å². The van der Waals surface area contributed by atoms with Gasteiger partial charge >= 0.3 is 0 Å². The number of nitrogens with one attached hydrogen (secondary N) is 1. The molecule has 4 aromatic rings. The summed E-state index contributed by atoms with van der Waals surface area (Å²) in [4.78, 5) is 15.4. The van der Waals surface area contributed by atoms with Gasteiger partial charge in [-0.3, -0.25) is 10.1 Å². The van der Waals surface area contributed by atoms with Crippen LogP contribution in [0.4, 0.5) is 5.69 Å². The van der Waals surface area contributed by atoms with Gasteiger partial charge in [0.1, 0.15) is 18.4 Å². The zero-order chi connectivity index (χ0) is 23.5. The standard InChI is InChI=1S/C29H25BrN2O2/c1-32-26-18-17-24(30)19-27(26)34-20-25(28(32)33)31-29(21-11-5-2-6-12-21,22-13-7-3-8-14-22)23-15-9-4-10-16-23/h2-19,25,31H,20H2,1H3/t25-/m0/s1. The lowest BCUT2D eigenvalue weighted by Crippen LogP contribution is -2.56. The van der Waals surface area contributed by atoms with E-state index < -0.39 is 11.6 Å². The van der Waals surface area contributed by atoms with Crippen LogP contribution in [0, 0.1) is 0 Å². The Bertz CT molecular complexity index is 1180. The SMILES string of the molecule is CN1C(=O)[C@@H](NC(c2ccccc2)(c2ccccc2)c2ccccc2)COc2cc(Br)ccc21. The van der Waals surface area contributed by atoms with Gasteiger partial charge in [0.2, 0.25) is 5.91 Å². The number of nitrogens with zero attached hydrogens (tertiary/aromatic N) is 1. The van der Waals surface area contributed by atoms with Gasteiger partial charge in [-0.15, -0.1) is 0 Å². The molecule has 1 amide bonds. The second-order valence-electron chi connectivity index (χ2n) is 8.37. The Morgan fingerprint density at radius 3 is 1.82 bits per heavy atom. The number of carbonyl (C=O) groups is 1. The molecule has 5 rings (SSSR count). The minimum absolute atomic E-state index is 0.0479. The lowest BCUT2D eigenvalue weighted by atomic mass is 9.76. The van der Waals surface area contributed by atoms with Crippen molar-refractivity contribution in [1.82, 2.24) is 5.32 Å². The Morgan fingerprint density at radius 2 is 1.32 bits per heavy atom. The predicted molar refractivity (Wildman–Crippen MR) is 139 cm³/mol. The van der Waals surface area contributed by atoms with Crippen molar-refractivity contribution in [3.63, 3.8) is 0 Å². The van der Waals surface area contributed by atoms with Gasteiger partial charge in [-0.25, -0.2) is 0 Å². The number of rotatable bonds is 5. The van der Waals surface area contributed by atoms with Crippen molar-refractivity contribution >= 4 is 27.5 Å². The molecule has 0 aromatic heterocycles. The summed E-state index contributed by atoms with van der Waals surface area (Å²) in [6.07, 6.45) is 0. The molecule has 4 aromatic carbocycles. The van der Waals surface area contributed by atoms with E-state index in [1.807, 2.05) is 72.8 Å². The van der Waals surface area contributed by atoms with Crippen molar-refractivity contribution in [3.05, 3.63) is 130 Å². The summed E-state index contributed by atoms with van der Waals surface area (Å²) >= 11 is 3.51. The molecule has 1 atom stereocenters. The molecule has 1 aliphatic heterocycles. The number of benzene rings is 4. The van der Waals surface area contributed by atoms with Crippen LogP contribution in [0.3, 0.4) is 0 Å². The third-order valence-corrected chi connectivity index (χ3v) is 6.82. The Morgan fingerprint density at radius 1 is 0.824 bits per heavy atom. The summed E-state index contributed by atoms with van der Waals surface area (Å²) in [6, 6.07) is 35.9. The van der Waals surface area contributed by atoms with Crippen LogP contribution in [0.5, 0.6) is 5.75 Å². The monoisotopic (exact) mass is 512 g/mol. The summed E-state index contributed by atoms with van der Waals surface area (Å²) in [6.45, 7) is 0.209. The first-order valence-electron chi connectivity index (χ1n) is 11.2. The van der Waals surface area contributed by atoms with E-state index in [-0.39, 0.29) is 12.5 Å². The molecule has 0 fully saturated rings. The first-order valence-corrected chi connectivity index (χ1v) is 12.0. The van der Waals surface area contributed by atoms with E-state index in [1.165, 1.54) is 0 Å². The molecule has 1 heterocycles. The van der Waals surface area contributed by atoms with Crippen molar-refractivity contribution in [2.45, 2.75) is 11.6 Å². The van der Waals surface area contributed by atoms with Gasteiger partial charge in [-0.1, -0.05) is 107 Å². The van der Waals surface area contributed by atoms with Crippen LogP contribution in [0.2, 0.25) is 0 Å². The van der Waals surface area contributed by atoms with Gasteiger partial charge in [-0.2, -0.15) is 0 Å². The Balaban J connectivity index is 1.66. The zero-order valence-electron chi connectivity index (χ0n) is 18.8. The Labute approximate surface area is 208 Å². The molecule has 0 saturated heterocycles. The second kappa shape index (κ2) is 9.45. The molecule has 0 aliphatic carbocycles. The third kappa shape index (κ3) is 4.02. The first-order chi connectivity index (χ1) is 16.6. The number of anilines is 1. The van der Waals surface area contributed by atoms with Gasteiger partial charge in [0.05, 0.1) is 11.2 Å². The van der Waals surface area contributed by atoms with Crippen molar-refractivity contribution in [3.8, 4) is 5.75 Å². The first kappa shape index (κ1) is 22.4. The fourth-order valence-corrected chi connectivity index (χ4v) is 5.00. The number of ether oxygens (including phenoxy) is 1. The third-order valence-electron chi connectivity index (χ3n) is 6.33. The maximum absolute atomic E-state index is 13.7.